The lowest BCUT2D eigenvalue weighted by atomic mass is 9.62. The Hall–Kier alpha value is -1.12. The van der Waals surface area contributed by atoms with Gasteiger partial charge in [-0.3, -0.25) is 0 Å². The molecule has 0 amide bonds. The summed E-state index contributed by atoms with van der Waals surface area (Å²) in [4.78, 5) is 0. The van der Waals surface area contributed by atoms with Crippen molar-refractivity contribution in [3.05, 3.63) is 47.6 Å². The van der Waals surface area contributed by atoms with Crippen molar-refractivity contribution in [2.45, 2.75) is 103 Å². The molecule has 3 aliphatic rings. The molecule has 0 radical (unpaired) electrons. The number of allylic oxidation sites excluding steroid dienone is 3. The Labute approximate surface area is 178 Å². The van der Waals surface area contributed by atoms with Crippen LogP contribution in [-0.4, -0.2) is 21.9 Å². The zero-order chi connectivity index (χ0) is 21.2. The van der Waals surface area contributed by atoms with Crippen molar-refractivity contribution in [3.8, 4) is 0 Å². The summed E-state index contributed by atoms with van der Waals surface area (Å²) < 4.78 is 0. The Morgan fingerprint density at radius 1 is 1.10 bits per heavy atom. The fourth-order valence-corrected chi connectivity index (χ4v) is 6.18. The highest BCUT2D eigenvalue weighted by Crippen LogP contribution is 2.58. The van der Waals surface area contributed by atoms with Crippen LogP contribution >= 0.6 is 0 Å². The van der Waals surface area contributed by atoms with Crippen LogP contribution in [0.2, 0.25) is 0 Å². The third-order valence-electron chi connectivity index (χ3n) is 8.10. The summed E-state index contributed by atoms with van der Waals surface area (Å²) in [6.07, 6.45) is 17.0. The highest BCUT2D eigenvalue weighted by atomic mass is 16.3. The maximum absolute atomic E-state index is 10.3. The average Bonchev–Trinajstić information content (AvgIpc) is 2.99. The Morgan fingerprint density at radius 2 is 1.86 bits per heavy atom. The first-order chi connectivity index (χ1) is 13.6. The molecular weight excluding hydrogens is 356 g/mol. The quantitative estimate of drug-likeness (QED) is 0.388. The number of fused-ring (bicyclic) bond motifs is 1. The maximum atomic E-state index is 10.3. The van der Waals surface area contributed by atoms with E-state index in [0.29, 0.717) is 11.3 Å². The first-order valence-electron chi connectivity index (χ1n) is 11.8. The maximum Gasteiger partial charge on any atom is 0.0995 e. The Bertz CT molecular complexity index is 690. The molecule has 0 aromatic heterocycles. The van der Waals surface area contributed by atoms with Gasteiger partial charge >= 0.3 is 0 Å². The average molecular weight is 399 g/mol. The van der Waals surface area contributed by atoms with E-state index in [0.717, 1.165) is 42.7 Å². The zero-order valence-electron chi connectivity index (χ0n) is 19.0. The fraction of sp³-hybridized carbons (Fsp3) is 0.704. The molecular formula is C27H42O2. The molecule has 3 rings (SSSR count). The summed E-state index contributed by atoms with van der Waals surface area (Å²) in [6.45, 7) is 14.5. The summed E-state index contributed by atoms with van der Waals surface area (Å²) in [5.74, 6) is 1.53. The highest BCUT2D eigenvalue weighted by molar-refractivity contribution is 5.43. The van der Waals surface area contributed by atoms with Gasteiger partial charge in [-0.15, -0.1) is 0 Å². The summed E-state index contributed by atoms with van der Waals surface area (Å²) in [7, 11) is 0. The number of hydrogen-bond acceptors (Lipinski definition) is 2. The van der Waals surface area contributed by atoms with Crippen molar-refractivity contribution < 1.29 is 10.2 Å². The number of unbranched alkanes of at least 4 members (excludes halogenated alkanes) is 1. The van der Waals surface area contributed by atoms with Gasteiger partial charge in [-0.05, 0) is 106 Å². The highest BCUT2D eigenvalue weighted by Gasteiger charge is 2.48. The van der Waals surface area contributed by atoms with E-state index in [1.165, 1.54) is 50.5 Å². The van der Waals surface area contributed by atoms with Gasteiger partial charge in [0.25, 0.3) is 0 Å². The standard InChI is InChI=1S/C27H42O2/c1-19-11-12-21(20(2)25(19)28)13-14-22-9-8-18-27(5)23(15-16-24(22)27)10-6-7-17-26(3,4)29/h13-14,23-25,28-29H,1-2,6-12,15-18H2,3-5H3/b21-13-,22-14+. The minimum Gasteiger partial charge on any atom is -0.390 e. The minimum atomic E-state index is -0.565. The Morgan fingerprint density at radius 3 is 2.59 bits per heavy atom. The normalized spacial score (nSPS) is 36.1. The van der Waals surface area contributed by atoms with Crippen LogP contribution in [0.3, 0.4) is 0 Å². The zero-order valence-corrected chi connectivity index (χ0v) is 19.0. The van der Waals surface area contributed by atoms with Crippen molar-refractivity contribution in [2.24, 2.45) is 17.3 Å². The second kappa shape index (κ2) is 8.94. The smallest absolute Gasteiger partial charge is 0.0995 e. The van der Waals surface area contributed by atoms with E-state index >= 15 is 0 Å². The van der Waals surface area contributed by atoms with Crippen LogP contribution < -0.4 is 0 Å². The third kappa shape index (κ3) is 5.14. The molecule has 29 heavy (non-hydrogen) atoms. The van der Waals surface area contributed by atoms with Crippen LogP contribution in [0.15, 0.2) is 47.6 Å². The van der Waals surface area contributed by atoms with Crippen LogP contribution in [0.5, 0.6) is 0 Å². The van der Waals surface area contributed by atoms with Crippen molar-refractivity contribution in [3.63, 3.8) is 0 Å². The molecule has 3 saturated carbocycles. The Kier molecular flexibility index (Phi) is 6.95. The van der Waals surface area contributed by atoms with Crippen molar-refractivity contribution >= 4 is 0 Å². The molecule has 0 saturated heterocycles. The predicted octanol–water partition coefficient (Wildman–Crippen LogP) is 6.65. The lowest BCUT2D eigenvalue weighted by molar-refractivity contribution is 0.0660. The molecule has 0 aromatic carbocycles. The number of aliphatic hydroxyl groups is 2. The topological polar surface area (TPSA) is 40.5 Å². The van der Waals surface area contributed by atoms with E-state index in [-0.39, 0.29) is 0 Å². The lowest BCUT2D eigenvalue weighted by Crippen LogP contribution is -2.33. The summed E-state index contributed by atoms with van der Waals surface area (Å²) in [5, 5.41) is 20.2. The van der Waals surface area contributed by atoms with Gasteiger partial charge in [0, 0.05) is 0 Å². The number of hydrogen-bond donors (Lipinski definition) is 2. The minimum absolute atomic E-state index is 0.439. The summed E-state index contributed by atoms with van der Waals surface area (Å²) >= 11 is 0. The van der Waals surface area contributed by atoms with Gasteiger partial charge in [0.15, 0.2) is 0 Å². The molecule has 3 aliphatic carbocycles. The molecule has 2 heteroatoms. The van der Waals surface area contributed by atoms with Gasteiger partial charge in [0.1, 0.15) is 0 Å². The molecule has 0 aromatic rings. The fourth-order valence-electron chi connectivity index (χ4n) is 6.18. The monoisotopic (exact) mass is 398 g/mol. The van der Waals surface area contributed by atoms with E-state index in [1.54, 1.807) is 5.57 Å². The summed E-state index contributed by atoms with van der Waals surface area (Å²) in [6, 6.07) is 0. The van der Waals surface area contributed by atoms with Crippen LogP contribution in [0.4, 0.5) is 0 Å². The molecule has 2 nitrogen and oxygen atoms in total. The third-order valence-corrected chi connectivity index (χ3v) is 8.10. The van der Waals surface area contributed by atoms with Crippen molar-refractivity contribution in [1.82, 2.24) is 0 Å². The van der Waals surface area contributed by atoms with Crippen molar-refractivity contribution in [1.29, 1.82) is 0 Å². The molecule has 162 valence electrons. The van der Waals surface area contributed by atoms with E-state index in [2.05, 4.69) is 32.2 Å². The van der Waals surface area contributed by atoms with Crippen LogP contribution in [0, 0.1) is 17.3 Å². The van der Waals surface area contributed by atoms with Gasteiger partial charge in [0.2, 0.25) is 0 Å². The van der Waals surface area contributed by atoms with Gasteiger partial charge in [-0.1, -0.05) is 50.6 Å². The first-order valence-corrected chi connectivity index (χ1v) is 11.8. The second-order valence-corrected chi connectivity index (χ2v) is 10.8. The van der Waals surface area contributed by atoms with Gasteiger partial charge in [0.05, 0.1) is 11.7 Å². The van der Waals surface area contributed by atoms with Gasteiger partial charge in [-0.2, -0.15) is 0 Å². The molecule has 2 N–H and O–H groups in total. The van der Waals surface area contributed by atoms with Gasteiger partial charge < -0.3 is 10.2 Å². The molecule has 0 heterocycles. The van der Waals surface area contributed by atoms with E-state index in [4.69, 9.17) is 0 Å². The molecule has 4 atom stereocenters. The SMILES string of the molecule is C=C1CC/C(=C/C=C2\CCCC3(C)C(CCCCC(C)(C)O)CCC23)C(=C)C1O. The van der Waals surface area contributed by atoms with Crippen LogP contribution in [-0.2, 0) is 0 Å². The molecule has 0 bridgehead atoms. The van der Waals surface area contributed by atoms with E-state index in [9.17, 15) is 10.2 Å². The first kappa shape index (κ1) is 22.6. The predicted molar refractivity (Wildman–Crippen MR) is 123 cm³/mol. The summed E-state index contributed by atoms with van der Waals surface area (Å²) in [5.41, 5.74) is 4.47. The van der Waals surface area contributed by atoms with Crippen molar-refractivity contribution in [2.75, 3.05) is 0 Å². The van der Waals surface area contributed by atoms with E-state index in [1.807, 2.05) is 13.8 Å². The number of rotatable bonds is 6. The van der Waals surface area contributed by atoms with E-state index < -0.39 is 11.7 Å². The Balaban J connectivity index is 1.65. The second-order valence-electron chi connectivity index (χ2n) is 10.8. The molecule has 0 spiro atoms. The molecule has 3 fully saturated rings. The van der Waals surface area contributed by atoms with Crippen LogP contribution in [0.1, 0.15) is 91.4 Å². The largest absolute Gasteiger partial charge is 0.390 e. The van der Waals surface area contributed by atoms with Gasteiger partial charge in [-0.25, -0.2) is 0 Å². The molecule has 4 unspecified atom stereocenters. The molecule has 0 aliphatic heterocycles. The number of aliphatic hydroxyl groups excluding tert-OH is 1. The van der Waals surface area contributed by atoms with Crippen LogP contribution in [0.25, 0.3) is 0 Å². The lowest BCUT2D eigenvalue weighted by Gasteiger charge is -2.42.